The summed E-state index contributed by atoms with van der Waals surface area (Å²) in [5.74, 6) is -0.285. The van der Waals surface area contributed by atoms with Crippen molar-refractivity contribution < 1.29 is 17.9 Å². The molecule has 1 N–H and O–H groups in total. The zero-order valence-electron chi connectivity index (χ0n) is 17.8. The van der Waals surface area contributed by atoms with Crippen molar-refractivity contribution in [2.45, 2.75) is 63.7 Å². The summed E-state index contributed by atoms with van der Waals surface area (Å²) in [5.41, 5.74) is 2.05. The monoisotopic (exact) mass is 430 g/mol. The van der Waals surface area contributed by atoms with Crippen LogP contribution in [-0.4, -0.2) is 37.3 Å². The predicted molar refractivity (Wildman–Crippen MR) is 118 cm³/mol. The summed E-state index contributed by atoms with van der Waals surface area (Å²) in [7, 11) is -3.54. The van der Waals surface area contributed by atoms with Gasteiger partial charge < -0.3 is 10.1 Å². The Morgan fingerprint density at radius 3 is 2.57 bits per heavy atom. The lowest BCUT2D eigenvalue weighted by molar-refractivity contribution is 0.0657. The Kier molecular flexibility index (Phi) is 7.28. The molecule has 2 aromatic rings. The lowest BCUT2D eigenvalue weighted by Gasteiger charge is -2.32. The molecule has 1 aliphatic rings. The molecule has 1 atom stereocenters. The largest absolute Gasteiger partial charge is 0.374 e. The third kappa shape index (κ3) is 5.47. The number of amides is 1. The highest BCUT2D eigenvalue weighted by atomic mass is 32.2. The lowest BCUT2D eigenvalue weighted by atomic mass is 10.1. The van der Waals surface area contributed by atoms with Crippen molar-refractivity contribution >= 4 is 21.6 Å². The molecular formula is C23H30N2O4S. The van der Waals surface area contributed by atoms with Gasteiger partial charge in [-0.2, -0.15) is 4.31 Å². The minimum atomic E-state index is -3.54. The van der Waals surface area contributed by atoms with Gasteiger partial charge in [-0.3, -0.25) is 4.79 Å². The first-order valence-electron chi connectivity index (χ1n) is 10.4. The van der Waals surface area contributed by atoms with E-state index in [2.05, 4.69) is 5.32 Å². The number of anilines is 1. The van der Waals surface area contributed by atoms with Gasteiger partial charge in [-0.25, -0.2) is 8.42 Å². The van der Waals surface area contributed by atoms with Gasteiger partial charge in [0.25, 0.3) is 5.91 Å². The number of nitrogens with zero attached hydrogens (tertiary/aromatic N) is 1. The molecule has 0 aliphatic carbocycles. The summed E-state index contributed by atoms with van der Waals surface area (Å²) in [4.78, 5) is 12.8. The quantitative estimate of drug-likeness (QED) is 0.705. The number of rotatable bonds is 7. The number of hydrogen-bond donors (Lipinski definition) is 1. The number of nitrogens with one attached hydrogen (secondary N) is 1. The van der Waals surface area contributed by atoms with Gasteiger partial charge in [0, 0.05) is 23.8 Å². The molecule has 0 radical (unpaired) electrons. The van der Waals surface area contributed by atoms with Crippen LogP contribution in [0.2, 0.25) is 0 Å². The van der Waals surface area contributed by atoms with Crippen LogP contribution in [0.15, 0.2) is 53.4 Å². The van der Waals surface area contributed by atoms with Crippen molar-refractivity contribution in [2.75, 3.05) is 11.9 Å². The summed E-state index contributed by atoms with van der Waals surface area (Å²) < 4.78 is 33.0. The highest BCUT2D eigenvalue weighted by molar-refractivity contribution is 7.89. The molecule has 2 aromatic carbocycles. The normalized spacial score (nSPS) is 17.8. The van der Waals surface area contributed by atoms with Gasteiger partial charge in [0.05, 0.1) is 17.6 Å². The Balaban J connectivity index is 1.69. The van der Waals surface area contributed by atoms with Crippen LogP contribution >= 0.6 is 0 Å². The van der Waals surface area contributed by atoms with E-state index in [4.69, 9.17) is 4.74 Å². The van der Waals surface area contributed by atoms with Crippen molar-refractivity contribution in [2.24, 2.45) is 0 Å². The minimum absolute atomic E-state index is 0.00123. The van der Waals surface area contributed by atoms with E-state index in [0.717, 1.165) is 24.8 Å². The molecule has 1 amide bonds. The summed E-state index contributed by atoms with van der Waals surface area (Å²) >= 11 is 0. The average molecular weight is 431 g/mol. The van der Waals surface area contributed by atoms with E-state index in [1.54, 1.807) is 16.4 Å². The number of sulfonamides is 1. The molecule has 0 saturated carbocycles. The van der Waals surface area contributed by atoms with Crippen molar-refractivity contribution in [1.82, 2.24) is 4.31 Å². The fraction of sp³-hybridized carbons (Fsp3) is 0.435. The maximum atomic E-state index is 12.9. The van der Waals surface area contributed by atoms with E-state index in [1.165, 1.54) is 12.1 Å². The molecule has 30 heavy (non-hydrogen) atoms. The number of ether oxygens (including phenoxy) is 1. The van der Waals surface area contributed by atoms with E-state index < -0.39 is 10.0 Å². The first-order valence-corrected chi connectivity index (χ1v) is 11.8. The van der Waals surface area contributed by atoms with E-state index >= 15 is 0 Å². The van der Waals surface area contributed by atoms with Crippen LogP contribution < -0.4 is 5.32 Å². The Morgan fingerprint density at radius 2 is 1.90 bits per heavy atom. The molecule has 7 heteroatoms. The summed E-state index contributed by atoms with van der Waals surface area (Å²) in [6, 6.07) is 13.6. The standard InChI is InChI=1S/C23H30N2O4S/c1-17(2)29-16-19-8-6-9-21(15-19)24-23(26)20-10-12-22(13-11-20)30(27,28)25-14-5-4-7-18(25)3/h6,8-13,15,17-18H,4-5,7,14,16H2,1-3H3,(H,24,26). The van der Waals surface area contributed by atoms with Crippen LogP contribution in [0.25, 0.3) is 0 Å². The van der Waals surface area contributed by atoms with Gasteiger partial charge in [0.15, 0.2) is 0 Å². The summed E-state index contributed by atoms with van der Waals surface area (Å²) in [5, 5.41) is 2.86. The van der Waals surface area contributed by atoms with E-state index in [-0.39, 0.29) is 22.9 Å². The molecule has 1 aliphatic heterocycles. The second-order valence-electron chi connectivity index (χ2n) is 8.00. The van der Waals surface area contributed by atoms with E-state index in [0.29, 0.717) is 24.4 Å². The molecule has 1 fully saturated rings. The number of benzene rings is 2. The van der Waals surface area contributed by atoms with E-state index in [9.17, 15) is 13.2 Å². The number of hydrogen-bond acceptors (Lipinski definition) is 4. The Labute approximate surface area is 179 Å². The van der Waals surface area contributed by atoms with Crippen LogP contribution in [0.3, 0.4) is 0 Å². The van der Waals surface area contributed by atoms with Gasteiger partial charge in [-0.15, -0.1) is 0 Å². The first-order chi connectivity index (χ1) is 14.3. The number of piperidine rings is 1. The minimum Gasteiger partial charge on any atom is -0.374 e. The van der Waals surface area contributed by atoms with Gasteiger partial charge in [-0.1, -0.05) is 18.6 Å². The molecule has 1 heterocycles. The zero-order valence-corrected chi connectivity index (χ0v) is 18.6. The Hall–Kier alpha value is -2.22. The molecule has 1 unspecified atom stereocenters. The molecule has 0 bridgehead atoms. The maximum absolute atomic E-state index is 12.9. The third-order valence-electron chi connectivity index (χ3n) is 5.23. The van der Waals surface area contributed by atoms with Crippen molar-refractivity contribution in [3.63, 3.8) is 0 Å². The molecular weight excluding hydrogens is 400 g/mol. The van der Waals surface area contributed by atoms with Crippen molar-refractivity contribution in [1.29, 1.82) is 0 Å². The highest BCUT2D eigenvalue weighted by Gasteiger charge is 2.30. The maximum Gasteiger partial charge on any atom is 0.255 e. The van der Waals surface area contributed by atoms with E-state index in [1.807, 2.05) is 45.0 Å². The molecule has 3 rings (SSSR count). The number of carbonyl (C=O) groups is 1. The van der Waals surface area contributed by atoms with Crippen LogP contribution in [0.4, 0.5) is 5.69 Å². The molecule has 6 nitrogen and oxygen atoms in total. The second-order valence-corrected chi connectivity index (χ2v) is 9.89. The highest BCUT2D eigenvalue weighted by Crippen LogP contribution is 2.25. The van der Waals surface area contributed by atoms with Gasteiger partial charge in [0.1, 0.15) is 0 Å². The number of carbonyl (C=O) groups excluding carboxylic acids is 1. The third-order valence-corrected chi connectivity index (χ3v) is 7.26. The Bertz CT molecular complexity index is 971. The fourth-order valence-corrected chi connectivity index (χ4v) is 5.25. The molecule has 0 spiro atoms. The van der Waals surface area contributed by atoms with Crippen LogP contribution in [0.5, 0.6) is 0 Å². The molecule has 162 valence electrons. The second kappa shape index (κ2) is 9.73. The van der Waals surface area contributed by atoms with Crippen LogP contribution in [0.1, 0.15) is 56.0 Å². The summed E-state index contributed by atoms with van der Waals surface area (Å²) in [6.45, 7) is 6.91. The molecule has 0 aromatic heterocycles. The van der Waals surface area contributed by atoms with Gasteiger partial charge in [-0.05, 0) is 75.6 Å². The average Bonchev–Trinajstić information content (AvgIpc) is 2.73. The lowest BCUT2D eigenvalue weighted by Crippen LogP contribution is -2.41. The molecule has 1 saturated heterocycles. The smallest absolute Gasteiger partial charge is 0.255 e. The van der Waals surface area contributed by atoms with Gasteiger partial charge in [0.2, 0.25) is 10.0 Å². The van der Waals surface area contributed by atoms with Gasteiger partial charge >= 0.3 is 0 Å². The van der Waals surface area contributed by atoms with Crippen molar-refractivity contribution in [3.05, 3.63) is 59.7 Å². The zero-order chi connectivity index (χ0) is 21.7. The fourth-order valence-electron chi connectivity index (χ4n) is 3.55. The van der Waals surface area contributed by atoms with Crippen LogP contribution in [0, 0.1) is 0 Å². The topological polar surface area (TPSA) is 75.7 Å². The van der Waals surface area contributed by atoms with Crippen LogP contribution in [-0.2, 0) is 21.4 Å². The predicted octanol–water partition coefficient (Wildman–Crippen LogP) is 4.43. The first kappa shape index (κ1) is 22.5. The van der Waals surface area contributed by atoms with Crippen molar-refractivity contribution in [3.8, 4) is 0 Å². The Morgan fingerprint density at radius 1 is 1.17 bits per heavy atom. The summed E-state index contributed by atoms with van der Waals surface area (Å²) in [6.07, 6.45) is 2.94. The SMILES string of the molecule is CC(C)OCc1cccc(NC(=O)c2ccc(S(=O)(=O)N3CCCCC3C)cc2)c1.